The van der Waals surface area contributed by atoms with Crippen molar-refractivity contribution in [2.45, 2.75) is 12.8 Å². The first-order valence-electron chi connectivity index (χ1n) is 6.00. The Bertz CT molecular complexity index is 380. The molecule has 94 valence electrons. The second kappa shape index (κ2) is 5.74. The highest BCUT2D eigenvalue weighted by Crippen LogP contribution is 2.29. The van der Waals surface area contributed by atoms with Gasteiger partial charge in [0.15, 0.2) is 0 Å². The van der Waals surface area contributed by atoms with Crippen LogP contribution in [0.2, 0.25) is 0 Å². The first-order chi connectivity index (χ1) is 8.16. The van der Waals surface area contributed by atoms with Crippen LogP contribution in [0.4, 0.5) is 11.4 Å². The molecule has 0 spiro atoms. The zero-order chi connectivity index (χ0) is 12.3. The van der Waals surface area contributed by atoms with Crippen LogP contribution in [0.3, 0.4) is 0 Å². The van der Waals surface area contributed by atoms with E-state index in [2.05, 4.69) is 20.8 Å². The number of halogens is 1. The van der Waals surface area contributed by atoms with Crippen molar-refractivity contribution in [3.63, 3.8) is 0 Å². The van der Waals surface area contributed by atoms with E-state index in [0.717, 1.165) is 41.5 Å². The predicted molar refractivity (Wildman–Crippen MR) is 75.4 cm³/mol. The number of rotatable bonds is 6. The van der Waals surface area contributed by atoms with Crippen molar-refractivity contribution in [3.05, 3.63) is 22.7 Å². The molecule has 0 unspecified atom stereocenters. The van der Waals surface area contributed by atoms with Gasteiger partial charge in [-0.15, -0.1) is 0 Å². The smallest absolute Gasteiger partial charge is 0.0641 e. The summed E-state index contributed by atoms with van der Waals surface area (Å²) < 4.78 is 6.67. The van der Waals surface area contributed by atoms with Gasteiger partial charge in [-0.05, 0) is 37.0 Å². The molecule has 17 heavy (non-hydrogen) atoms. The maximum absolute atomic E-state index is 5.95. The Labute approximate surface area is 111 Å². The maximum Gasteiger partial charge on any atom is 0.0641 e. The topological polar surface area (TPSA) is 38.5 Å². The molecule has 2 rings (SSSR count). The molecule has 2 N–H and O–H groups in total. The molecule has 0 heterocycles. The number of ether oxygens (including phenoxy) is 1. The first-order valence-corrected chi connectivity index (χ1v) is 6.80. The van der Waals surface area contributed by atoms with Gasteiger partial charge >= 0.3 is 0 Å². The fourth-order valence-electron chi connectivity index (χ4n) is 1.70. The molecule has 3 nitrogen and oxygen atoms in total. The van der Waals surface area contributed by atoms with Gasteiger partial charge in [0.2, 0.25) is 0 Å². The van der Waals surface area contributed by atoms with Crippen molar-refractivity contribution in [2.75, 3.05) is 37.4 Å². The zero-order valence-corrected chi connectivity index (χ0v) is 11.7. The minimum absolute atomic E-state index is 0.763. The summed E-state index contributed by atoms with van der Waals surface area (Å²) in [6.45, 7) is 2.55. The molecule has 0 atom stereocenters. The second-order valence-electron chi connectivity index (χ2n) is 4.64. The third-order valence-corrected chi connectivity index (χ3v) is 3.52. The van der Waals surface area contributed by atoms with E-state index in [1.54, 1.807) is 0 Å². The minimum Gasteiger partial charge on any atom is -0.397 e. The van der Waals surface area contributed by atoms with Gasteiger partial charge in [0.25, 0.3) is 0 Å². The van der Waals surface area contributed by atoms with Crippen LogP contribution in [0.5, 0.6) is 0 Å². The fraction of sp³-hybridized carbons (Fsp3) is 0.538. The highest BCUT2D eigenvalue weighted by atomic mass is 79.9. The molecule has 0 saturated heterocycles. The SMILES string of the molecule is CN(CCOCC1CC1)c1cc(Br)ccc1N. The predicted octanol–water partition coefficient (Wildman–Crippen LogP) is 2.89. The molecule has 1 saturated carbocycles. The lowest BCUT2D eigenvalue weighted by atomic mass is 10.2. The van der Waals surface area contributed by atoms with Gasteiger partial charge in [0.05, 0.1) is 18.0 Å². The first kappa shape index (κ1) is 12.7. The van der Waals surface area contributed by atoms with Gasteiger partial charge in [-0.2, -0.15) is 0 Å². The molecular formula is C13H19BrN2O. The molecule has 1 aliphatic carbocycles. The lowest BCUT2D eigenvalue weighted by Gasteiger charge is -2.21. The number of hydrogen-bond donors (Lipinski definition) is 1. The molecule has 1 aliphatic rings. The van der Waals surface area contributed by atoms with Gasteiger partial charge in [-0.25, -0.2) is 0 Å². The van der Waals surface area contributed by atoms with Gasteiger partial charge in [0, 0.05) is 24.7 Å². The monoisotopic (exact) mass is 298 g/mol. The van der Waals surface area contributed by atoms with Crippen LogP contribution >= 0.6 is 15.9 Å². The highest BCUT2D eigenvalue weighted by molar-refractivity contribution is 9.10. The summed E-state index contributed by atoms with van der Waals surface area (Å²) in [5.41, 5.74) is 7.80. The van der Waals surface area contributed by atoms with Crippen molar-refractivity contribution in [3.8, 4) is 0 Å². The molecule has 1 aromatic carbocycles. The number of benzene rings is 1. The molecular weight excluding hydrogens is 280 g/mol. The molecule has 0 bridgehead atoms. The maximum atomic E-state index is 5.95. The van der Waals surface area contributed by atoms with Crippen LogP contribution in [-0.2, 0) is 4.74 Å². The Morgan fingerprint density at radius 1 is 1.47 bits per heavy atom. The molecule has 1 fully saturated rings. The van der Waals surface area contributed by atoms with E-state index in [9.17, 15) is 0 Å². The van der Waals surface area contributed by atoms with E-state index in [1.165, 1.54) is 12.8 Å². The van der Waals surface area contributed by atoms with Gasteiger partial charge in [0.1, 0.15) is 0 Å². The van der Waals surface area contributed by atoms with Crippen molar-refractivity contribution >= 4 is 27.3 Å². The van der Waals surface area contributed by atoms with E-state index in [0.29, 0.717) is 0 Å². The Hall–Kier alpha value is -0.740. The van der Waals surface area contributed by atoms with Crippen molar-refractivity contribution in [1.82, 2.24) is 0 Å². The van der Waals surface area contributed by atoms with Crippen LogP contribution in [0.15, 0.2) is 22.7 Å². The van der Waals surface area contributed by atoms with Gasteiger partial charge < -0.3 is 15.4 Å². The molecule has 0 radical (unpaired) electrons. The van der Waals surface area contributed by atoms with E-state index >= 15 is 0 Å². The number of nitrogen functional groups attached to an aromatic ring is 1. The fourth-order valence-corrected chi connectivity index (χ4v) is 2.05. The van der Waals surface area contributed by atoms with E-state index in [1.807, 2.05) is 25.2 Å². The number of nitrogens with two attached hydrogens (primary N) is 1. The zero-order valence-electron chi connectivity index (χ0n) is 10.2. The lowest BCUT2D eigenvalue weighted by molar-refractivity contribution is 0.131. The van der Waals surface area contributed by atoms with Crippen LogP contribution in [0.1, 0.15) is 12.8 Å². The second-order valence-corrected chi connectivity index (χ2v) is 5.56. The van der Waals surface area contributed by atoms with Gasteiger partial charge in [-0.3, -0.25) is 0 Å². The van der Waals surface area contributed by atoms with Crippen molar-refractivity contribution in [2.24, 2.45) is 5.92 Å². The largest absolute Gasteiger partial charge is 0.397 e. The Morgan fingerprint density at radius 3 is 2.94 bits per heavy atom. The summed E-state index contributed by atoms with van der Waals surface area (Å²) in [5.74, 6) is 0.830. The molecule has 0 amide bonds. The third kappa shape index (κ3) is 3.89. The number of anilines is 2. The Balaban J connectivity index is 1.80. The highest BCUT2D eigenvalue weighted by Gasteiger charge is 2.21. The summed E-state index contributed by atoms with van der Waals surface area (Å²) in [5, 5.41) is 0. The summed E-state index contributed by atoms with van der Waals surface area (Å²) in [6, 6.07) is 5.91. The van der Waals surface area contributed by atoms with Crippen LogP contribution in [0.25, 0.3) is 0 Å². The summed E-state index contributed by atoms with van der Waals surface area (Å²) in [7, 11) is 2.04. The van der Waals surface area contributed by atoms with E-state index in [4.69, 9.17) is 10.5 Å². The number of hydrogen-bond acceptors (Lipinski definition) is 3. The summed E-state index contributed by atoms with van der Waals surface area (Å²) in [6.07, 6.45) is 2.68. The third-order valence-electron chi connectivity index (χ3n) is 3.03. The van der Waals surface area contributed by atoms with Gasteiger partial charge in [-0.1, -0.05) is 15.9 Å². The molecule has 1 aromatic rings. The quantitative estimate of drug-likeness (QED) is 0.648. The van der Waals surface area contributed by atoms with Crippen LogP contribution < -0.4 is 10.6 Å². The van der Waals surface area contributed by atoms with Crippen LogP contribution in [-0.4, -0.2) is 26.8 Å². The standard InChI is InChI=1S/C13H19BrN2O/c1-16(6-7-17-9-10-2-3-10)13-8-11(14)4-5-12(13)15/h4-5,8,10H,2-3,6-7,9,15H2,1H3. The number of likely N-dealkylation sites (N-methyl/N-ethyl adjacent to an activating group) is 1. The summed E-state index contributed by atoms with van der Waals surface area (Å²) >= 11 is 3.46. The lowest BCUT2D eigenvalue weighted by Crippen LogP contribution is -2.23. The summed E-state index contributed by atoms with van der Waals surface area (Å²) in [4.78, 5) is 2.13. The van der Waals surface area contributed by atoms with Crippen LogP contribution in [0, 0.1) is 5.92 Å². The van der Waals surface area contributed by atoms with Crippen molar-refractivity contribution in [1.29, 1.82) is 0 Å². The van der Waals surface area contributed by atoms with E-state index < -0.39 is 0 Å². The normalized spacial score (nSPS) is 14.9. The molecule has 0 aliphatic heterocycles. The average Bonchev–Trinajstić information content (AvgIpc) is 3.11. The Kier molecular flexibility index (Phi) is 4.29. The Morgan fingerprint density at radius 2 is 2.24 bits per heavy atom. The van der Waals surface area contributed by atoms with E-state index in [-0.39, 0.29) is 0 Å². The van der Waals surface area contributed by atoms with Crippen molar-refractivity contribution < 1.29 is 4.74 Å². The molecule has 4 heteroatoms. The average molecular weight is 299 g/mol. The number of nitrogens with zero attached hydrogens (tertiary/aromatic N) is 1. The minimum atomic E-state index is 0.763. The molecule has 0 aromatic heterocycles.